The summed E-state index contributed by atoms with van der Waals surface area (Å²) in [4.78, 5) is 44.5. The first kappa shape index (κ1) is 18.9. The van der Waals surface area contributed by atoms with Crippen LogP contribution < -0.4 is 10.9 Å². The van der Waals surface area contributed by atoms with Crippen molar-refractivity contribution in [3.05, 3.63) is 50.9 Å². The van der Waals surface area contributed by atoms with Crippen molar-refractivity contribution in [2.75, 3.05) is 11.6 Å². The summed E-state index contributed by atoms with van der Waals surface area (Å²) in [7, 11) is 0. The monoisotopic (exact) mass is 413 g/mol. The van der Waals surface area contributed by atoms with Crippen LogP contribution in [0.15, 0.2) is 34.2 Å². The molecule has 6 nitrogen and oxygen atoms in total. The van der Waals surface area contributed by atoms with Gasteiger partial charge in [0.05, 0.1) is 23.9 Å². The van der Waals surface area contributed by atoms with Crippen LogP contribution in [0.5, 0.6) is 0 Å². The Labute approximate surface area is 170 Å². The summed E-state index contributed by atoms with van der Waals surface area (Å²) >= 11 is 3.07. The number of carbonyl (C=O) groups excluding carboxylic acids is 2. The van der Waals surface area contributed by atoms with Crippen LogP contribution in [0, 0.1) is 0 Å². The van der Waals surface area contributed by atoms with E-state index in [1.807, 2.05) is 6.26 Å². The molecular formula is C20H19N3O3S2. The average molecular weight is 414 g/mol. The van der Waals surface area contributed by atoms with Gasteiger partial charge in [0.15, 0.2) is 5.78 Å². The van der Waals surface area contributed by atoms with Gasteiger partial charge in [0.1, 0.15) is 4.83 Å². The van der Waals surface area contributed by atoms with E-state index >= 15 is 0 Å². The minimum absolute atomic E-state index is 0.0788. The van der Waals surface area contributed by atoms with Crippen molar-refractivity contribution >= 4 is 50.7 Å². The van der Waals surface area contributed by atoms with Crippen molar-refractivity contribution in [2.24, 2.45) is 0 Å². The van der Waals surface area contributed by atoms with Gasteiger partial charge in [0.2, 0.25) is 5.91 Å². The number of hydrogen-bond donors (Lipinski definition) is 1. The zero-order valence-corrected chi connectivity index (χ0v) is 17.2. The normalized spacial score (nSPS) is 12.9. The number of thiophene rings is 1. The standard InChI is InChI=1S/C20H19N3O3S2/c1-11(24)22-14-8-12(6-7-17(14)27-2)15(25)9-23-10-21-19-18(20(23)26)13-4-3-5-16(13)28-19/h6-8,10H,3-5,9H2,1-2H3,(H,22,24). The van der Waals surface area contributed by atoms with E-state index < -0.39 is 0 Å². The first-order valence-electron chi connectivity index (χ1n) is 8.96. The number of aromatic nitrogens is 2. The summed E-state index contributed by atoms with van der Waals surface area (Å²) in [5, 5.41) is 3.42. The van der Waals surface area contributed by atoms with Crippen LogP contribution in [0.4, 0.5) is 5.69 Å². The molecule has 28 heavy (non-hydrogen) atoms. The highest BCUT2D eigenvalue weighted by Crippen LogP contribution is 2.34. The predicted molar refractivity (Wildman–Crippen MR) is 113 cm³/mol. The molecule has 1 aliphatic carbocycles. The van der Waals surface area contributed by atoms with Gasteiger partial charge in [-0.3, -0.25) is 19.0 Å². The lowest BCUT2D eigenvalue weighted by Gasteiger charge is -2.11. The van der Waals surface area contributed by atoms with E-state index in [-0.39, 0.29) is 23.8 Å². The fourth-order valence-electron chi connectivity index (χ4n) is 3.55. The average Bonchev–Trinajstić information content (AvgIpc) is 3.24. The van der Waals surface area contributed by atoms with Crippen molar-refractivity contribution in [3.8, 4) is 0 Å². The highest BCUT2D eigenvalue weighted by atomic mass is 32.2. The number of hydrogen-bond acceptors (Lipinski definition) is 6. The maximum atomic E-state index is 12.9. The highest BCUT2D eigenvalue weighted by Gasteiger charge is 2.22. The topological polar surface area (TPSA) is 81.1 Å². The number of anilines is 1. The second-order valence-electron chi connectivity index (χ2n) is 6.73. The van der Waals surface area contributed by atoms with Gasteiger partial charge in [-0.1, -0.05) is 6.07 Å². The van der Waals surface area contributed by atoms with Gasteiger partial charge >= 0.3 is 0 Å². The van der Waals surface area contributed by atoms with Gasteiger partial charge < -0.3 is 5.32 Å². The van der Waals surface area contributed by atoms with Crippen LogP contribution in [0.1, 0.15) is 34.1 Å². The Bertz CT molecular complexity index is 1160. The highest BCUT2D eigenvalue weighted by molar-refractivity contribution is 7.98. The Balaban J connectivity index is 1.66. The fourth-order valence-corrected chi connectivity index (χ4v) is 5.30. The molecule has 1 N–H and O–H groups in total. The number of rotatable bonds is 5. The molecule has 1 aliphatic rings. The van der Waals surface area contributed by atoms with Crippen LogP contribution in [-0.4, -0.2) is 27.5 Å². The number of aryl methyl sites for hydroxylation is 2. The lowest BCUT2D eigenvalue weighted by molar-refractivity contribution is -0.114. The number of thioether (sulfide) groups is 1. The number of nitrogens with one attached hydrogen (secondary N) is 1. The van der Waals surface area contributed by atoms with Crippen molar-refractivity contribution in [3.63, 3.8) is 0 Å². The number of carbonyl (C=O) groups is 2. The van der Waals surface area contributed by atoms with E-state index in [4.69, 9.17) is 0 Å². The molecule has 0 fully saturated rings. The molecule has 144 valence electrons. The van der Waals surface area contributed by atoms with Crippen molar-refractivity contribution in [2.45, 2.75) is 37.6 Å². The van der Waals surface area contributed by atoms with E-state index in [0.29, 0.717) is 16.6 Å². The third-order valence-corrected chi connectivity index (χ3v) is 6.83. The molecule has 0 unspecified atom stereocenters. The van der Waals surface area contributed by atoms with Crippen LogP contribution in [0.2, 0.25) is 0 Å². The first-order valence-corrected chi connectivity index (χ1v) is 11.0. The minimum atomic E-state index is -0.200. The fraction of sp³-hybridized carbons (Fsp3) is 0.300. The van der Waals surface area contributed by atoms with Gasteiger partial charge in [-0.25, -0.2) is 4.98 Å². The molecule has 0 saturated carbocycles. The Morgan fingerprint density at radius 1 is 1.32 bits per heavy atom. The molecular weight excluding hydrogens is 394 g/mol. The molecule has 1 amide bonds. The molecule has 2 aromatic heterocycles. The Kier molecular flexibility index (Phi) is 5.07. The number of ketones is 1. The number of amides is 1. The van der Waals surface area contributed by atoms with Gasteiger partial charge in [0.25, 0.3) is 5.56 Å². The van der Waals surface area contributed by atoms with Crippen LogP contribution in [0.3, 0.4) is 0 Å². The Morgan fingerprint density at radius 3 is 2.89 bits per heavy atom. The molecule has 0 radical (unpaired) electrons. The van der Waals surface area contributed by atoms with E-state index in [1.54, 1.807) is 29.5 Å². The third-order valence-electron chi connectivity index (χ3n) is 4.84. The molecule has 0 bridgehead atoms. The quantitative estimate of drug-likeness (QED) is 0.511. The van der Waals surface area contributed by atoms with E-state index in [2.05, 4.69) is 10.3 Å². The summed E-state index contributed by atoms with van der Waals surface area (Å²) in [6.07, 6.45) is 6.34. The minimum Gasteiger partial charge on any atom is -0.325 e. The van der Waals surface area contributed by atoms with Crippen LogP contribution in [0.25, 0.3) is 10.2 Å². The van der Waals surface area contributed by atoms with Crippen molar-refractivity contribution in [1.82, 2.24) is 9.55 Å². The van der Waals surface area contributed by atoms with Gasteiger partial charge in [-0.15, -0.1) is 23.1 Å². The molecule has 2 heterocycles. The third kappa shape index (κ3) is 3.38. The Hall–Kier alpha value is -2.45. The van der Waals surface area contributed by atoms with Gasteiger partial charge in [-0.05, 0) is 43.2 Å². The first-order chi connectivity index (χ1) is 13.5. The zero-order valence-electron chi connectivity index (χ0n) is 15.6. The molecule has 0 saturated heterocycles. The summed E-state index contributed by atoms with van der Waals surface area (Å²) < 4.78 is 1.39. The summed E-state index contributed by atoms with van der Waals surface area (Å²) in [6.45, 7) is 1.35. The van der Waals surface area contributed by atoms with E-state index in [0.717, 1.165) is 34.6 Å². The molecule has 0 spiro atoms. The number of Topliss-reactive ketones (excluding diaryl/α,β-unsaturated/α-hetero) is 1. The molecule has 8 heteroatoms. The second-order valence-corrected chi connectivity index (χ2v) is 8.67. The molecule has 0 atom stereocenters. The lowest BCUT2D eigenvalue weighted by atomic mass is 10.1. The largest absolute Gasteiger partial charge is 0.325 e. The van der Waals surface area contributed by atoms with Gasteiger partial charge in [0, 0.05) is 22.3 Å². The summed E-state index contributed by atoms with van der Waals surface area (Å²) in [5.41, 5.74) is 2.00. The Morgan fingerprint density at radius 2 is 2.14 bits per heavy atom. The second kappa shape index (κ2) is 7.52. The number of nitrogens with zero attached hydrogens (tertiary/aromatic N) is 2. The molecule has 1 aromatic carbocycles. The van der Waals surface area contributed by atoms with Crippen LogP contribution in [-0.2, 0) is 24.2 Å². The van der Waals surface area contributed by atoms with E-state index in [9.17, 15) is 14.4 Å². The molecule has 3 aromatic rings. The maximum absolute atomic E-state index is 12.9. The predicted octanol–water partition coefficient (Wildman–Crippen LogP) is 3.51. The SMILES string of the molecule is CSc1ccc(C(=O)Cn2cnc3sc4c(c3c2=O)CCC4)cc1NC(C)=O. The summed E-state index contributed by atoms with van der Waals surface area (Å²) in [6, 6.07) is 5.19. The lowest BCUT2D eigenvalue weighted by Crippen LogP contribution is -2.25. The maximum Gasteiger partial charge on any atom is 0.262 e. The van der Waals surface area contributed by atoms with Crippen LogP contribution >= 0.6 is 23.1 Å². The number of benzene rings is 1. The summed E-state index contributed by atoms with van der Waals surface area (Å²) in [5.74, 6) is -0.397. The van der Waals surface area contributed by atoms with Crippen molar-refractivity contribution < 1.29 is 9.59 Å². The van der Waals surface area contributed by atoms with E-state index in [1.165, 1.54) is 34.5 Å². The molecule has 4 rings (SSSR count). The molecule has 0 aliphatic heterocycles. The zero-order chi connectivity index (χ0) is 19.8. The smallest absolute Gasteiger partial charge is 0.262 e. The number of fused-ring (bicyclic) bond motifs is 3. The van der Waals surface area contributed by atoms with Gasteiger partial charge in [-0.2, -0.15) is 0 Å². The van der Waals surface area contributed by atoms with Crippen molar-refractivity contribution in [1.29, 1.82) is 0 Å².